The molecule has 10 nitrogen and oxygen atoms in total. The van der Waals surface area contributed by atoms with Crippen molar-refractivity contribution in [3.63, 3.8) is 0 Å². The molecule has 1 saturated heterocycles. The number of nitro benzene ring substituents is 1. The molecular weight excluding hydrogens is 456 g/mol. The van der Waals surface area contributed by atoms with Gasteiger partial charge in [0, 0.05) is 55.8 Å². The van der Waals surface area contributed by atoms with Gasteiger partial charge in [0.2, 0.25) is 10.7 Å². The topological polar surface area (TPSA) is 114 Å². The van der Waals surface area contributed by atoms with E-state index in [1.807, 2.05) is 24.3 Å². The van der Waals surface area contributed by atoms with Gasteiger partial charge in [-0.25, -0.2) is 9.55 Å². The predicted octanol–water partition coefficient (Wildman–Crippen LogP) is 3.24. The fourth-order valence-corrected chi connectivity index (χ4v) is 4.77. The summed E-state index contributed by atoms with van der Waals surface area (Å²) in [5, 5.41) is 14.9. The van der Waals surface area contributed by atoms with Crippen LogP contribution in [0.25, 0.3) is 10.9 Å². The van der Waals surface area contributed by atoms with Gasteiger partial charge in [-0.1, -0.05) is 12.1 Å². The maximum atomic E-state index is 12.9. The molecular formula is C23H22N6O4S. The molecule has 2 aromatic carbocycles. The summed E-state index contributed by atoms with van der Waals surface area (Å²) in [4.78, 5) is 44.4. The van der Waals surface area contributed by atoms with Gasteiger partial charge in [0.05, 0.1) is 10.4 Å². The van der Waals surface area contributed by atoms with Crippen molar-refractivity contribution in [3.8, 4) is 0 Å². The van der Waals surface area contributed by atoms with E-state index < -0.39 is 11.0 Å². The monoisotopic (exact) mass is 478 g/mol. The highest BCUT2D eigenvalue weighted by molar-refractivity contribution is 7.71. The number of hydrogen-bond donors (Lipinski definition) is 1. The third-order valence-electron chi connectivity index (χ3n) is 6.32. The number of piperazine rings is 1. The Balaban J connectivity index is 1.18. The molecule has 1 atom stereocenters. The number of para-hydroxylation sites is 1. The van der Waals surface area contributed by atoms with Crippen LogP contribution < -0.4 is 10.2 Å². The maximum absolute atomic E-state index is 12.9. The van der Waals surface area contributed by atoms with Gasteiger partial charge in [-0.15, -0.1) is 0 Å². The summed E-state index contributed by atoms with van der Waals surface area (Å²) in [6.45, 7) is 2.40. The van der Waals surface area contributed by atoms with Crippen LogP contribution in [0.3, 0.4) is 0 Å². The van der Waals surface area contributed by atoms with Gasteiger partial charge in [-0.3, -0.25) is 19.7 Å². The average Bonchev–Trinajstić information content (AvgIpc) is 3.19. The van der Waals surface area contributed by atoms with Crippen LogP contribution in [0.4, 0.5) is 17.2 Å². The van der Waals surface area contributed by atoms with Crippen LogP contribution >= 0.6 is 12.2 Å². The molecule has 0 radical (unpaired) electrons. The number of nitro groups is 1. The first-order valence-corrected chi connectivity index (χ1v) is 11.4. The quantitative estimate of drug-likeness (QED) is 0.338. The third kappa shape index (κ3) is 3.98. The standard InChI is InChI=1S/C23H22N6O4S/c30-20(27-13-11-26(12-14-27)15-5-7-16(8-6-15)29(32)33)10-9-19-22(31)28-21(24-19)17-3-1-2-4-18(17)25-23(28)34/h1-8,19,24H,9-14H2/t19-/m1/s1. The Kier molecular flexibility index (Phi) is 5.70. The minimum Gasteiger partial charge on any atom is -0.368 e. The van der Waals surface area contributed by atoms with Crippen molar-refractivity contribution in [1.82, 2.24) is 14.5 Å². The summed E-state index contributed by atoms with van der Waals surface area (Å²) >= 11 is 5.32. The Bertz CT molecular complexity index is 1350. The summed E-state index contributed by atoms with van der Waals surface area (Å²) in [7, 11) is 0. The van der Waals surface area contributed by atoms with E-state index in [9.17, 15) is 19.7 Å². The van der Waals surface area contributed by atoms with E-state index in [1.165, 1.54) is 16.7 Å². The predicted molar refractivity (Wildman–Crippen MR) is 130 cm³/mol. The number of hydrogen-bond acceptors (Lipinski definition) is 8. The summed E-state index contributed by atoms with van der Waals surface area (Å²) < 4.78 is 1.64. The van der Waals surface area contributed by atoms with Gasteiger partial charge >= 0.3 is 0 Å². The Morgan fingerprint density at radius 1 is 1.12 bits per heavy atom. The second-order valence-corrected chi connectivity index (χ2v) is 8.68. The molecule has 0 saturated carbocycles. The lowest BCUT2D eigenvalue weighted by Gasteiger charge is -2.36. The minimum absolute atomic E-state index is 0.000450. The van der Waals surface area contributed by atoms with E-state index in [1.54, 1.807) is 17.0 Å². The number of carbonyl (C=O) groups is 2. The van der Waals surface area contributed by atoms with E-state index in [-0.39, 0.29) is 28.7 Å². The Morgan fingerprint density at radius 2 is 1.82 bits per heavy atom. The number of benzene rings is 2. The number of non-ortho nitro benzene ring substituents is 1. The number of nitrogens with one attached hydrogen (secondary N) is 1. The molecule has 2 aliphatic rings. The van der Waals surface area contributed by atoms with Crippen molar-refractivity contribution in [2.45, 2.75) is 18.9 Å². The second-order valence-electron chi connectivity index (χ2n) is 8.31. The number of fused-ring (bicyclic) bond motifs is 3. The first-order chi connectivity index (χ1) is 16.4. The second kappa shape index (κ2) is 8.82. The summed E-state index contributed by atoms with van der Waals surface area (Å²) in [5.74, 6) is 0.448. The highest BCUT2D eigenvalue weighted by Crippen LogP contribution is 2.29. The smallest absolute Gasteiger partial charge is 0.269 e. The van der Waals surface area contributed by atoms with Crippen LogP contribution in [0.2, 0.25) is 0 Å². The van der Waals surface area contributed by atoms with Crippen LogP contribution in [-0.4, -0.2) is 63.4 Å². The fourth-order valence-electron chi connectivity index (χ4n) is 4.49. The van der Waals surface area contributed by atoms with Gasteiger partial charge in [0.1, 0.15) is 11.9 Å². The van der Waals surface area contributed by atoms with E-state index in [2.05, 4.69) is 15.2 Å². The van der Waals surface area contributed by atoms with Crippen LogP contribution in [0, 0.1) is 14.9 Å². The van der Waals surface area contributed by atoms with Gasteiger partial charge in [0.15, 0.2) is 0 Å². The molecule has 11 heteroatoms. The third-order valence-corrected chi connectivity index (χ3v) is 6.60. The van der Waals surface area contributed by atoms with Crippen molar-refractivity contribution >= 4 is 52.1 Å². The van der Waals surface area contributed by atoms with Crippen molar-refractivity contribution in [3.05, 3.63) is 63.4 Å². The number of anilines is 2. The normalized spacial score (nSPS) is 17.5. The summed E-state index contributed by atoms with van der Waals surface area (Å²) in [6.07, 6.45) is 0.610. The van der Waals surface area contributed by atoms with Crippen LogP contribution in [0.1, 0.15) is 17.6 Å². The van der Waals surface area contributed by atoms with Gasteiger partial charge in [-0.05, 0) is 42.9 Å². The summed E-state index contributed by atoms with van der Waals surface area (Å²) in [5.41, 5.74) is 1.68. The molecule has 0 aliphatic carbocycles. The first kappa shape index (κ1) is 22.0. The fraction of sp³-hybridized carbons (Fsp3) is 0.304. The van der Waals surface area contributed by atoms with E-state index in [4.69, 9.17) is 12.2 Å². The molecule has 3 aromatic rings. The molecule has 0 spiro atoms. The van der Waals surface area contributed by atoms with E-state index in [0.29, 0.717) is 38.4 Å². The lowest BCUT2D eigenvalue weighted by Crippen LogP contribution is -2.49. The zero-order valence-corrected chi connectivity index (χ0v) is 19.0. The van der Waals surface area contributed by atoms with E-state index in [0.717, 1.165) is 16.6 Å². The van der Waals surface area contributed by atoms with Gasteiger partial charge in [-0.2, -0.15) is 0 Å². The van der Waals surface area contributed by atoms with Crippen LogP contribution in [0.5, 0.6) is 0 Å². The molecule has 3 heterocycles. The molecule has 34 heavy (non-hydrogen) atoms. The number of aromatic nitrogens is 2. The zero-order chi connectivity index (χ0) is 23.8. The molecule has 2 aliphatic heterocycles. The SMILES string of the molecule is O=C(CC[C@H]1Nc2c3ccccc3nc(=S)n2C1=O)N1CCN(c2ccc([N+](=O)[O-])cc2)CC1. The zero-order valence-electron chi connectivity index (χ0n) is 18.2. The molecule has 5 rings (SSSR count). The van der Waals surface area contributed by atoms with Crippen LogP contribution in [-0.2, 0) is 4.79 Å². The molecule has 1 N–H and O–H groups in total. The van der Waals surface area contributed by atoms with E-state index >= 15 is 0 Å². The average molecular weight is 479 g/mol. The Hall–Kier alpha value is -3.86. The molecule has 0 bridgehead atoms. The number of carbonyl (C=O) groups excluding carboxylic acids is 2. The highest BCUT2D eigenvalue weighted by atomic mass is 32.1. The summed E-state index contributed by atoms with van der Waals surface area (Å²) in [6, 6.07) is 13.4. The van der Waals surface area contributed by atoms with Crippen molar-refractivity contribution < 1.29 is 14.5 Å². The molecule has 174 valence electrons. The van der Waals surface area contributed by atoms with Gasteiger partial charge < -0.3 is 15.1 Å². The highest BCUT2D eigenvalue weighted by Gasteiger charge is 2.32. The molecule has 1 amide bonds. The first-order valence-electron chi connectivity index (χ1n) is 11.0. The number of amides is 1. The number of nitrogens with zero attached hydrogens (tertiary/aromatic N) is 5. The maximum Gasteiger partial charge on any atom is 0.269 e. The van der Waals surface area contributed by atoms with Crippen LogP contribution in [0.15, 0.2) is 48.5 Å². The van der Waals surface area contributed by atoms with Gasteiger partial charge in [0.25, 0.3) is 11.6 Å². The Labute approximate surface area is 199 Å². The molecule has 0 unspecified atom stereocenters. The lowest BCUT2D eigenvalue weighted by molar-refractivity contribution is -0.384. The Morgan fingerprint density at radius 3 is 2.53 bits per heavy atom. The molecule has 1 fully saturated rings. The van der Waals surface area contributed by atoms with Crippen molar-refractivity contribution in [2.75, 3.05) is 36.4 Å². The molecule has 1 aromatic heterocycles. The largest absolute Gasteiger partial charge is 0.368 e. The van der Waals surface area contributed by atoms with Crippen molar-refractivity contribution in [1.29, 1.82) is 0 Å². The minimum atomic E-state index is -0.528. The van der Waals surface area contributed by atoms with Crippen molar-refractivity contribution in [2.24, 2.45) is 0 Å². The number of rotatable bonds is 5. The lowest BCUT2D eigenvalue weighted by atomic mass is 10.1.